The number of urea groups is 1. The lowest BCUT2D eigenvalue weighted by atomic mass is 10.5. The molecule has 0 heterocycles. The summed E-state index contributed by atoms with van der Waals surface area (Å²) in [5.41, 5.74) is 0. The van der Waals surface area contributed by atoms with E-state index in [2.05, 4.69) is 5.32 Å². The van der Waals surface area contributed by atoms with Gasteiger partial charge < -0.3 is 15.3 Å². The summed E-state index contributed by atoms with van der Waals surface area (Å²) in [6, 6.07) is 0.331. The average molecular weight is 172 g/mol. The first-order chi connectivity index (χ1) is 5.79. The van der Waals surface area contributed by atoms with Gasteiger partial charge in [-0.25, -0.2) is 4.79 Å². The predicted molar refractivity (Wildman–Crippen MR) is 45.9 cm³/mol. The van der Waals surface area contributed by atoms with Crippen molar-refractivity contribution in [3.05, 3.63) is 0 Å². The highest BCUT2D eigenvalue weighted by atomic mass is 16.3. The maximum atomic E-state index is 11.3. The van der Waals surface area contributed by atoms with Gasteiger partial charge in [0.1, 0.15) is 0 Å². The first kappa shape index (κ1) is 9.32. The van der Waals surface area contributed by atoms with Crippen LogP contribution in [0.15, 0.2) is 0 Å². The number of hydrogen-bond acceptors (Lipinski definition) is 2. The number of amides is 2. The molecular weight excluding hydrogens is 156 g/mol. The second-order valence-electron chi connectivity index (χ2n) is 2.98. The van der Waals surface area contributed by atoms with Crippen molar-refractivity contribution in [2.75, 3.05) is 19.7 Å². The number of nitrogens with zero attached hydrogens (tertiary/aromatic N) is 1. The van der Waals surface area contributed by atoms with Crippen LogP contribution in [0.4, 0.5) is 4.79 Å². The summed E-state index contributed by atoms with van der Waals surface area (Å²) < 4.78 is 0. The summed E-state index contributed by atoms with van der Waals surface area (Å²) in [5.74, 6) is 0. The number of rotatable bonds is 4. The fourth-order valence-electron chi connectivity index (χ4n) is 1.20. The predicted octanol–water partition coefficient (Wildman–Crippen LogP) is 0.173. The smallest absolute Gasteiger partial charge is 0.317 e. The maximum Gasteiger partial charge on any atom is 0.317 e. The van der Waals surface area contributed by atoms with E-state index < -0.39 is 0 Å². The molecule has 2 amide bonds. The highest BCUT2D eigenvalue weighted by Gasteiger charge is 2.31. The Kier molecular flexibility index (Phi) is 3.34. The molecule has 0 spiro atoms. The van der Waals surface area contributed by atoms with Crippen LogP contribution in [0.3, 0.4) is 0 Å². The van der Waals surface area contributed by atoms with Crippen LogP contribution >= 0.6 is 0 Å². The zero-order valence-corrected chi connectivity index (χ0v) is 7.42. The zero-order chi connectivity index (χ0) is 8.97. The molecule has 1 saturated carbocycles. The molecule has 1 fully saturated rings. The first-order valence-electron chi connectivity index (χ1n) is 4.45. The quantitative estimate of drug-likeness (QED) is 0.635. The Hall–Kier alpha value is -0.770. The SMILES string of the molecule is CCNC(=O)N(CCO)C1CC1. The molecule has 0 atom stereocenters. The van der Waals surface area contributed by atoms with E-state index in [1.165, 1.54) is 0 Å². The van der Waals surface area contributed by atoms with Crippen LogP contribution in [0.1, 0.15) is 19.8 Å². The van der Waals surface area contributed by atoms with Crippen molar-refractivity contribution in [2.24, 2.45) is 0 Å². The Labute approximate surface area is 72.6 Å². The lowest BCUT2D eigenvalue weighted by Gasteiger charge is -2.21. The molecule has 0 aromatic rings. The molecule has 1 rings (SSSR count). The summed E-state index contributed by atoms with van der Waals surface area (Å²) in [5, 5.41) is 11.4. The molecule has 12 heavy (non-hydrogen) atoms. The third-order valence-electron chi connectivity index (χ3n) is 1.92. The van der Waals surface area contributed by atoms with Gasteiger partial charge in [-0.15, -0.1) is 0 Å². The van der Waals surface area contributed by atoms with Gasteiger partial charge in [-0.1, -0.05) is 0 Å². The van der Waals surface area contributed by atoms with Crippen LogP contribution < -0.4 is 5.32 Å². The monoisotopic (exact) mass is 172 g/mol. The minimum Gasteiger partial charge on any atom is -0.395 e. The topological polar surface area (TPSA) is 52.6 Å². The molecule has 0 aromatic heterocycles. The van der Waals surface area contributed by atoms with Crippen LogP contribution in [0, 0.1) is 0 Å². The molecule has 1 aliphatic carbocycles. The number of nitrogens with one attached hydrogen (secondary N) is 1. The molecule has 1 aliphatic rings. The second kappa shape index (κ2) is 4.30. The molecule has 0 bridgehead atoms. The van der Waals surface area contributed by atoms with Gasteiger partial charge in [0.2, 0.25) is 0 Å². The molecule has 4 nitrogen and oxygen atoms in total. The van der Waals surface area contributed by atoms with E-state index in [1.54, 1.807) is 4.90 Å². The van der Waals surface area contributed by atoms with Crippen molar-refractivity contribution in [1.82, 2.24) is 10.2 Å². The summed E-state index contributed by atoms with van der Waals surface area (Å²) >= 11 is 0. The van der Waals surface area contributed by atoms with Crippen molar-refractivity contribution in [3.63, 3.8) is 0 Å². The zero-order valence-electron chi connectivity index (χ0n) is 7.42. The molecule has 2 N–H and O–H groups in total. The van der Waals surface area contributed by atoms with Crippen LogP contribution in [0.5, 0.6) is 0 Å². The third-order valence-corrected chi connectivity index (χ3v) is 1.92. The van der Waals surface area contributed by atoms with Gasteiger partial charge >= 0.3 is 6.03 Å². The van der Waals surface area contributed by atoms with Gasteiger partial charge in [-0.2, -0.15) is 0 Å². The van der Waals surface area contributed by atoms with E-state index in [9.17, 15) is 4.79 Å². The average Bonchev–Trinajstić information content (AvgIpc) is 2.83. The highest BCUT2D eigenvalue weighted by Crippen LogP contribution is 2.26. The third kappa shape index (κ3) is 2.37. The van der Waals surface area contributed by atoms with Crippen LogP contribution in [-0.2, 0) is 0 Å². The maximum absolute atomic E-state index is 11.3. The van der Waals surface area contributed by atoms with Crippen LogP contribution in [0.2, 0.25) is 0 Å². The Morgan fingerprint density at radius 3 is 2.75 bits per heavy atom. The summed E-state index contributed by atoms with van der Waals surface area (Å²) in [6.07, 6.45) is 2.16. The Morgan fingerprint density at radius 2 is 2.33 bits per heavy atom. The Bertz CT molecular complexity index is 157. The highest BCUT2D eigenvalue weighted by molar-refractivity contribution is 5.74. The number of aliphatic hydroxyl groups is 1. The van der Waals surface area contributed by atoms with E-state index in [0.29, 0.717) is 19.1 Å². The normalized spacial score (nSPS) is 15.8. The lowest BCUT2D eigenvalue weighted by Crippen LogP contribution is -2.42. The van der Waals surface area contributed by atoms with Crippen molar-refractivity contribution in [2.45, 2.75) is 25.8 Å². The van der Waals surface area contributed by atoms with Crippen molar-refractivity contribution in [3.8, 4) is 0 Å². The molecule has 4 heteroatoms. The lowest BCUT2D eigenvalue weighted by molar-refractivity contribution is 0.174. The molecule has 0 radical (unpaired) electrons. The molecule has 70 valence electrons. The summed E-state index contributed by atoms with van der Waals surface area (Å²) in [4.78, 5) is 13.0. The van der Waals surface area contributed by atoms with E-state index >= 15 is 0 Å². The molecule has 0 aliphatic heterocycles. The van der Waals surface area contributed by atoms with Gasteiger partial charge in [-0.3, -0.25) is 0 Å². The Balaban J connectivity index is 2.34. The number of aliphatic hydroxyl groups excluding tert-OH is 1. The fourth-order valence-corrected chi connectivity index (χ4v) is 1.20. The molecule has 0 unspecified atom stereocenters. The van der Waals surface area contributed by atoms with E-state index in [-0.39, 0.29) is 12.6 Å². The first-order valence-corrected chi connectivity index (χ1v) is 4.45. The number of hydrogen-bond donors (Lipinski definition) is 2. The summed E-state index contributed by atoms with van der Waals surface area (Å²) in [6.45, 7) is 3.04. The van der Waals surface area contributed by atoms with Crippen molar-refractivity contribution >= 4 is 6.03 Å². The van der Waals surface area contributed by atoms with E-state index in [4.69, 9.17) is 5.11 Å². The van der Waals surface area contributed by atoms with Gasteiger partial charge in [-0.05, 0) is 19.8 Å². The van der Waals surface area contributed by atoms with E-state index in [0.717, 1.165) is 12.8 Å². The minimum absolute atomic E-state index is 0.0472. The number of carbonyl (C=O) groups is 1. The second-order valence-corrected chi connectivity index (χ2v) is 2.98. The Morgan fingerprint density at radius 1 is 1.67 bits per heavy atom. The molecule has 0 saturated heterocycles. The van der Waals surface area contributed by atoms with Crippen molar-refractivity contribution in [1.29, 1.82) is 0 Å². The largest absolute Gasteiger partial charge is 0.395 e. The summed E-state index contributed by atoms with van der Waals surface area (Å²) in [7, 11) is 0. The van der Waals surface area contributed by atoms with E-state index in [1.807, 2.05) is 6.92 Å². The van der Waals surface area contributed by atoms with Gasteiger partial charge in [0, 0.05) is 19.1 Å². The fraction of sp³-hybridized carbons (Fsp3) is 0.875. The van der Waals surface area contributed by atoms with Crippen LogP contribution in [-0.4, -0.2) is 41.8 Å². The van der Waals surface area contributed by atoms with Gasteiger partial charge in [0.25, 0.3) is 0 Å². The van der Waals surface area contributed by atoms with Crippen LogP contribution in [0.25, 0.3) is 0 Å². The van der Waals surface area contributed by atoms with Crippen molar-refractivity contribution < 1.29 is 9.90 Å². The van der Waals surface area contributed by atoms with Gasteiger partial charge in [0.05, 0.1) is 6.61 Å². The molecular formula is C8H16N2O2. The molecule has 0 aromatic carbocycles. The minimum atomic E-state index is -0.0472. The number of carbonyl (C=O) groups excluding carboxylic acids is 1. The van der Waals surface area contributed by atoms with Gasteiger partial charge in [0.15, 0.2) is 0 Å². The standard InChI is InChI=1S/C8H16N2O2/c1-2-9-8(12)10(5-6-11)7-3-4-7/h7,11H,2-6H2,1H3,(H,9,12).